The summed E-state index contributed by atoms with van der Waals surface area (Å²) in [5.74, 6) is 0.636. The fourth-order valence-corrected chi connectivity index (χ4v) is 2.63. The van der Waals surface area contributed by atoms with E-state index in [2.05, 4.69) is 12.2 Å². The van der Waals surface area contributed by atoms with E-state index in [-0.39, 0.29) is 11.1 Å². The van der Waals surface area contributed by atoms with Crippen LogP contribution >= 0.6 is 11.6 Å². The van der Waals surface area contributed by atoms with Gasteiger partial charge in [-0.15, -0.1) is 0 Å². The third kappa shape index (κ3) is 3.10. The minimum atomic E-state index is -4.41. The van der Waals surface area contributed by atoms with E-state index in [0.29, 0.717) is 11.6 Å². The number of hydrogen-bond donors (Lipinski definition) is 1. The lowest BCUT2D eigenvalue weighted by Gasteiger charge is -2.16. The highest BCUT2D eigenvalue weighted by Gasteiger charge is 2.33. The third-order valence-electron chi connectivity index (χ3n) is 3.34. The lowest BCUT2D eigenvalue weighted by molar-refractivity contribution is -0.137. The zero-order valence-electron chi connectivity index (χ0n) is 10.0. The lowest BCUT2D eigenvalue weighted by Crippen LogP contribution is -2.16. The van der Waals surface area contributed by atoms with E-state index < -0.39 is 11.7 Å². The molecule has 1 N–H and O–H groups in total. The molecule has 1 saturated carbocycles. The van der Waals surface area contributed by atoms with Crippen LogP contribution in [0.5, 0.6) is 0 Å². The summed E-state index contributed by atoms with van der Waals surface area (Å²) in [6.07, 6.45) is -1.27. The van der Waals surface area contributed by atoms with Crippen LogP contribution in [0.3, 0.4) is 0 Å². The SMILES string of the molecule is CC1CCC(Nc2ccc(Cl)c(C(F)(F)F)c2)C1. The van der Waals surface area contributed by atoms with Crippen molar-refractivity contribution >= 4 is 17.3 Å². The van der Waals surface area contributed by atoms with E-state index in [1.807, 2.05) is 0 Å². The van der Waals surface area contributed by atoms with Crippen LogP contribution in [0.1, 0.15) is 31.7 Å². The van der Waals surface area contributed by atoms with Gasteiger partial charge in [-0.1, -0.05) is 18.5 Å². The minimum Gasteiger partial charge on any atom is -0.382 e. The molecule has 1 aromatic rings. The summed E-state index contributed by atoms with van der Waals surface area (Å²) in [6, 6.07) is 4.25. The fraction of sp³-hybridized carbons (Fsp3) is 0.538. The van der Waals surface area contributed by atoms with Gasteiger partial charge in [-0.3, -0.25) is 0 Å². The van der Waals surface area contributed by atoms with Crippen LogP contribution in [0.2, 0.25) is 5.02 Å². The molecular weight excluding hydrogens is 263 g/mol. The van der Waals surface area contributed by atoms with Gasteiger partial charge in [0.1, 0.15) is 0 Å². The molecule has 1 aromatic carbocycles. The van der Waals surface area contributed by atoms with Gasteiger partial charge in [-0.2, -0.15) is 13.2 Å². The molecule has 1 nitrogen and oxygen atoms in total. The predicted molar refractivity (Wildman–Crippen MR) is 66.9 cm³/mol. The van der Waals surface area contributed by atoms with Crippen LogP contribution in [0, 0.1) is 5.92 Å². The van der Waals surface area contributed by atoms with Crippen LogP contribution < -0.4 is 5.32 Å². The van der Waals surface area contributed by atoms with Crippen molar-refractivity contribution in [3.63, 3.8) is 0 Å². The Morgan fingerprint density at radius 2 is 2.00 bits per heavy atom. The minimum absolute atomic E-state index is 0.257. The van der Waals surface area contributed by atoms with Crippen molar-refractivity contribution in [1.82, 2.24) is 0 Å². The topological polar surface area (TPSA) is 12.0 Å². The first-order chi connectivity index (χ1) is 8.36. The van der Waals surface area contributed by atoms with Crippen LogP contribution in [-0.2, 0) is 6.18 Å². The van der Waals surface area contributed by atoms with Crippen molar-refractivity contribution in [2.45, 2.75) is 38.4 Å². The average molecular weight is 278 g/mol. The highest BCUT2D eigenvalue weighted by Crippen LogP contribution is 2.37. The second-order valence-electron chi connectivity index (χ2n) is 4.95. The number of nitrogens with one attached hydrogen (secondary N) is 1. The smallest absolute Gasteiger partial charge is 0.382 e. The van der Waals surface area contributed by atoms with E-state index in [1.165, 1.54) is 6.07 Å². The van der Waals surface area contributed by atoms with Gasteiger partial charge in [0.2, 0.25) is 0 Å². The Morgan fingerprint density at radius 3 is 2.56 bits per heavy atom. The number of alkyl halides is 3. The van der Waals surface area contributed by atoms with Gasteiger partial charge in [0, 0.05) is 11.7 Å². The molecule has 0 amide bonds. The monoisotopic (exact) mass is 277 g/mol. The van der Waals surface area contributed by atoms with Gasteiger partial charge in [0.05, 0.1) is 10.6 Å². The molecule has 0 aliphatic heterocycles. The third-order valence-corrected chi connectivity index (χ3v) is 3.67. The summed E-state index contributed by atoms with van der Waals surface area (Å²) in [4.78, 5) is 0. The second-order valence-corrected chi connectivity index (χ2v) is 5.36. The molecule has 1 aliphatic rings. The molecule has 0 bridgehead atoms. The van der Waals surface area contributed by atoms with Gasteiger partial charge in [0.25, 0.3) is 0 Å². The highest BCUT2D eigenvalue weighted by atomic mass is 35.5. The first-order valence-electron chi connectivity index (χ1n) is 5.99. The van der Waals surface area contributed by atoms with Crippen molar-refractivity contribution in [3.8, 4) is 0 Å². The molecule has 0 saturated heterocycles. The Kier molecular flexibility index (Phi) is 3.76. The highest BCUT2D eigenvalue weighted by molar-refractivity contribution is 6.31. The molecule has 2 unspecified atom stereocenters. The normalized spacial score (nSPS) is 24.3. The molecule has 0 radical (unpaired) electrons. The van der Waals surface area contributed by atoms with Crippen LogP contribution in [0.25, 0.3) is 0 Å². The molecule has 18 heavy (non-hydrogen) atoms. The van der Waals surface area contributed by atoms with Gasteiger partial charge in [-0.25, -0.2) is 0 Å². The number of benzene rings is 1. The van der Waals surface area contributed by atoms with E-state index in [0.717, 1.165) is 25.3 Å². The number of hydrogen-bond acceptors (Lipinski definition) is 1. The first-order valence-corrected chi connectivity index (χ1v) is 6.37. The molecule has 0 spiro atoms. The van der Waals surface area contributed by atoms with Crippen molar-refractivity contribution in [2.24, 2.45) is 5.92 Å². The lowest BCUT2D eigenvalue weighted by atomic mass is 10.1. The van der Waals surface area contributed by atoms with Crippen molar-refractivity contribution < 1.29 is 13.2 Å². The summed E-state index contributed by atoms with van der Waals surface area (Å²) < 4.78 is 38.1. The molecule has 0 aromatic heterocycles. The Labute approximate surface area is 109 Å². The van der Waals surface area contributed by atoms with Crippen LogP contribution in [0.15, 0.2) is 18.2 Å². The molecule has 1 aliphatic carbocycles. The molecule has 5 heteroatoms. The Bertz CT molecular complexity index is 431. The van der Waals surface area contributed by atoms with Gasteiger partial charge >= 0.3 is 6.18 Å². The molecule has 2 atom stereocenters. The number of rotatable bonds is 2. The van der Waals surface area contributed by atoms with E-state index in [4.69, 9.17) is 11.6 Å². The predicted octanol–water partition coefficient (Wildman–Crippen LogP) is 4.96. The van der Waals surface area contributed by atoms with Crippen molar-refractivity contribution in [3.05, 3.63) is 28.8 Å². The van der Waals surface area contributed by atoms with Crippen molar-refractivity contribution in [1.29, 1.82) is 0 Å². The fourth-order valence-electron chi connectivity index (χ4n) is 2.41. The summed E-state index contributed by atoms with van der Waals surface area (Å²) in [7, 11) is 0. The summed E-state index contributed by atoms with van der Waals surface area (Å²) in [5, 5.41) is 2.90. The van der Waals surface area contributed by atoms with Gasteiger partial charge in [-0.05, 0) is 43.4 Å². The maximum absolute atomic E-state index is 12.7. The second kappa shape index (κ2) is 5.00. The molecule has 2 rings (SSSR count). The molecule has 1 fully saturated rings. The standard InChI is InChI=1S/C13H15ClF3N/c1-8-2-3-9(6-8)18-10-4-5-12(14)11(7-10)13(15,16)17/h4-5,7-9,18H,2-3,6H2,1H3. The maximum Gasteiger partial charge on any atom is 0.417 e. The zero-order valence-corrected chi connectivity index (χ0v) is 10.8. The summed E-state index contributed by atoms with van der Waals surface area (Å²) in [5.41, 5.74) is -0.286. The van der Waals surface area contributed by atoms with Crippen LogP contribution in [0.4, 0.5) is 18.9 Å². The Balaban J connectivity index is 2.15. The van der Waals surface area contributed by atoms with E-state index >= 15 is 0 Å². The number of anilines is 1. The molecular formula is C13H15ClF3N. The Morgan fingerprint density at radius 1 is 1.28 bits per heavy atom. The molecule has 100 valence electrons. The van der Waals surface area contributed by atoms with Crippen molar-refractivity contribution in [2.75, 3.05) is 5.32 Å². The van der Waals surface area contributed by atoms with Gasteiger partial charge < -0.3 is 5.32 Å². The quantitative estimate of drug-likeness (QED) is 0.806. The maximum atomic E-state index is 12.7. The average Bonchev–Trinajstić information content (AvgIpc) is 2.65. The molecule has 0 heterocycles. The zero-order chi connectivity index (χ0) is 13.3. The van der Waals surface area contributed by atoms with E-state index in [1.54, 1.807) is 6.07 Å². The van der Waals surface area contributed by atoms with E-state index in [9.17, 15) is 13.2 Å². The largest absolute Gasteiger partial charge is 0.417 e. The summed E-state index contributed by atoms with van der Waals surface area (Å²) >= 11 is 5.57. The van der Waals surface area contributed by atoms with Gasteiger partial charge in [0.15, 0.2) is 0 Å². The van der Waals surface area contributed by atoms with Crippen LogP contribution in [-0.4, -0.2) is 6.04 Å². The number of halogens is 4. The Hall–Kier alpha value is -0.900. The summed E-state index contributed by atoms with van der Waals surface area (Å²) in [6.45, 7) is 2.16. The first kappa shape index (κ1) is 13.5.